The summed E-state index contributed by atoms with van der Waals surface area (Å²) in [5.74, 6) is 0.578. The van der Waals surface area contributed by atoms with E-state index in [1.165, 1.54) is 0 Å². The molecule has 0 unspecified atom stereocenters. The third-order valence-electron chi connectivity index (χ3n) is 2.03. The van der Waals surface area contributed by atoms with E-state index in [0.717, 1.165) is 6.42 Å². The van der Waals surface area contributed by atoms with Crippen LogP contribution in [-0.4, -0.2) is 40.3 Å². The number of nitrogens with one attached hydrogen (secondary N) is 2. The molecule has 1 heterocycles. The number of ether oxygens (including phenoxy) is 1. The molecule has 0 spiro atoms. The van der Waals surface area contributed by atoms with Gasteiger partial charge in [0.2, 0.25) is 5.82 Å². The van der Waals surface area contributed by atoms with Crippen LogP contribution in [0.25, 0.3) is 0 Å². The Kier molecular flexibility index (Phi) is 4.00. The standard InChI is InChI=1S/C10H18N4O2/c1-5-7-11-8(14-13-7)9(15)12-10(2,3)6-16-4/h5-6H2,1-4H3,(H,12,15)(H,11,13,14). The van der Waals surface area contributed by atoms with E-state index in [-0.39, 0.29) is 11.7 Å². The highest BCUT2D eigenvalue weighted by Crippen LogP contribution is 2.04. The van der Waals surface area contributed by atoms with E-state index in [9.17, 15) is 4.79 Å². The zero-order chi connectivity index (χ0) is 12.2. The van der Waals surface area contributed by atoms with Gasteiger partial charge in [-0.15, -0.1) is 5.10 Å². The molecule has 0 saturated carbocycles. The SMILES string of the molecule is CCc1nc(C(=O)NC(C)(C)COC)n[nH]1. The fourth-order valence-corrected chi connectivity index (χ4v) is 1.32. The van der Waals surface area contributed by atoms with Gasteiger partial charge in [-0.1, -0.05) is 6.92 Å². The molecule has 0 aliphatic heterocycles. The minimum Gasteiger partial charge on any atom is -0.382 e. The number of aryl methyl sites for hydroxylation is 1. The summed E-state index contributed by atoms with van der Waals surface area (Å²) in [7, 11) is 1.59. The van der Waals surface area contributed by atoms with Crippen molar-refractivity contribution in [1.82, 2.24) is 20.5 Å². The molecule has 0 saturated heterocycles. The molecule has 6 heteroatoms. The first-order valence-corrected chi connectivity index (χ1v) is 5.21. The van der Waals surface area contributed by atoms with Crippen LogP contribution in [0.3, 0.4) is 0 Å². The lowest BCUT2D eigenvalue weighted by Gasteiger charge is -2.24. The highest BCUT2D eigenvalue weighted by atomic mass is 16.5. The molecule has 6 nitrogen and oxygen atoms in total. The van der Waals surface area contributed by atoms with E-state index in [2.05, 4.69) is 20.5 Å². The third kappa shape index (κ3) is 3.30. The summed E-state index contributed by atoms with van der Waals surface area (Å²) in [6, 6.07) is 0. The fraction of sp³-hybridized carbons (Fsp3) is 0.700. The molecule has 1 aromatic rings. The second-order valence-corrected chi connectivity index (χ2v) is 4.23. The molecule has 0 aliphatic rings. The molecular formula is C10H18N4O2. The largest absolute Gasteiger partial charge is 0.382 e. The van der Waals surface area contributed by atoms with Gasteiger partial charge in [0.1, 0.15) is 5.82 Å². The smallest absolute Gasteiger partial charge is 0.291 e. The number of methoxy groups -OCH3 is 1. The van der Waals surface area contributed by atoms with Gasteiger partial charge in [0.05, 0.1) is 12.1 Å². The van der Waals surface area contributed by atoms with Gasteiger partial charge in [-0.3, -0.25) is 9.89 Å². The van der Waals surface area contributed by atoms with Crippen LogP contribution in [0.1, 0.15) is 37.2 Å². The first-order chi connectivity index (χ1) is 7.48. The third-order valence-corrected chi connectivity index (χ3v) is 2.03. The number of H-pyrrole nitrogens is 1. The van der Waals surface area contributed by atoms with Crippen LogP contribution in [0.5, 0.6) is 0 Å². The number of aromatic nitrogens is 3. The van der Waals surface area contributed by atoms with Crippen LogP contribution >= 0.6 is 0 Å². The van der Waals surface area contributed by atoms with Gasteiger partial charge in [-0.2, -0.15) is 0 Å². The van der Waals surface area contributed by atoms with E-state index in [1.54, 1.807) is 7.11 Å². The van der Waals surface area contributed by atoms with Crippen LogP contribution < -0.4 is 5.32 Å². The van der Waals surface area contributed by atoms with Crippen molar-refractivity contribution < 1.29 is 9.53 Å². The van der Waals surface area contributed by atoms with Crippen molar-refractivity contribution in [2.75, 3.05) is 13.7 Å². The second-order valence-electron chi connectivity index (χ2n) is 4.23. The normalized spacial score (nSPS) is 11.5. The van der Waals surface area contributed by atoms with Crippen molar-refractivity contribution >= 4 is 5.91 Å². The summed E-state index contributed by atoms with van der Waals surface area (Å²) >= 11 is 0. The molecule has 0 aliphatic carbocycles. The number of rotatable bonds is 5. The highest BCUT2D eigenvalue weighted by molar-refractivity contribution is 5.90. The Balaban J connectivity index is 2.65. The summed E-state index contributed by atoms with van der Waals surface area (Å²) in [5.41, 5.74) is -0.432. The minimum atomic E-state index is -0.432. The number of aromatic amines is 1. The van der Waals surface area contributed by atoms with E-state index in [1.807, 2.05) is 20.8 Å². The van der Waals surface area contributed by atoms with Crippen LogP contribution in [0.15, 0.2) is 0 Å². The van der Waals surface area contributed by atoms with Gasteiger partial charge < -0.3 is 10.1 Å². The lowest BCUT2D eigenvalue weighted by Crippen LogP contribution is -2.47. The van der Waals surface area contributed by atoms with Gasteiger partial charge in [0.15, 0.2) is 0 Å². The van der Waals surface area contributed by atoms with Crippen LogP contribution in [0, 0.1) is 0 Å². The van der Waals surface area contributed by atoms with Crippen LogP contribution in [0.2, 0.25) is 0 Å². The molecular weight excluding hydrogens is 208 g/mol. The topological polar surface area (TPSA) is 79.9 Å². The average molecular weight is 226 g/mol. The Bertz CT molecular complexity index is 359. The Hall–Kier alpha value is -1.43. The number of amides is 1. The molecule has 90 valence electrons. The highest BCUT2D eigenvalue weighted by Gasteiger charge is 2.23. The Morgan fingerprint density at radius 3 is 2.75 bits per heavy atom. The Labute approximate surface area is 94.8 Å². The van der Waals surface area contributed by atoms with Gasteiger partial charge in [0.25, 0.3) is 5.91 Å². The molecule has 16 heavy (non-hydrogen) atoms. The first-order valence-electron chi connectivity index (χ1n) is 5.21. The van der Waals surface area contributed by atoms with E-state index >= 15 is 0 Å². The molecule has 0 fully saturated rings. The maximum absolute atomic E-state index is 11.8. The van der Waals surface area contributed by atoms with Gasteiger partial charge in [-0.25, -0.2) is 4.98 Å². The van der Waals surface area contributed by atoms with Crippen molar-refractivity contribution in [3.63, 3.8) is 0 Å². The van der Waals surface area contributed by atoms with Crippen molar-refractivity contribution in [2.24, 2.45) is 0 Å². The van der Waals surface area contributed by atoms with E-state index in [4.69, 9.17) is 4.74 Å². The van der Waals surface area contributed by atoms with Crippen molar-refractivity contribution in [3.8, 4) is 0 Å². The maximum atomic E-state index is 11.8. The summed E-state index contributed by atoms with van der Waals surface area (Å²) in [6.45, 7) is 6.13. The second kappa shape index (κ2) is 5.07. The molecule has 1 aromatic heterocycles. The summed E-state index contributed by atoms with van der Waals surface area (Å²) in [5, 5.41) is 9.35. The zero-order valence-corrected chi connectivity index (χ0v) is 10.1. The zero-order valence-electron chi connectivity index (χ0n) is 10.1. The fourth-order valence-electron chi connectivity index (χ4n) is 1.32. The number of hydrogen-bond acceptors (Lipinski definition) is 4. The van der Waals surface area contributed by atoms with Crippen molar-refractivity contribution in [2.45, 2.75) is 32.7 Å². The van der Waals surface area contributed by atoms with Crippen LogP contribution in [0.4, 0.5) is 0 Å². The molecule has 0 radical (unpaired) electrons. The molecule has 1 rings (SSSR count). The molecule has 0 atom stereocenters. The molecule has 2 N–H and O–H groups in total. The lowest BCUT2D eigenvalue weighted by atomic mass is 10.1. The summed E-state index contributed by atoms with van der Waals surface area (Å²) in [6.07, 6.45) is 0.724. The van der Waals surface area contributed by atoms with E-state index in [0.29, 0.717) is 12.4 Å². The Morgan fingerprint density at radius 2 is 2.25 bits per heavy atom. The maximum Gasteiger partial charge on any atom is 0.291 e. The summed E-state index contributed by atoms with van der Waals surface area (Å²) in [4.78, 5) is 15.8. The molecule has 0 bridgehead atoms. The predicted octanol–water partition coefficient (Wildman–Crippen LogP) is 0.522. The number of hydrogen-bond donors (Lipinski definition) is 2. The monoisotopic (exact) mass is 226 g/mol. The van der Waals surface area contributed by atoms with E-state index < -0.39 is 5.54 Å². The van der Waals surface area contributed by atoms with Crippen molar-refractivity contribution in [1.29, 1.82) is 0 Å². The lowest BCUT2D eigenvalue weighted by molar-refractivity contribution is 0.0810. The first kappa shape index (κ1) is 12.6. The summed E-state index contributed by atoms with van der Waals surface area (Å²) < 4.78 is 5.01. The van der Waals surface area contributed by atoms with Gasteiger partial charge in [0, 0.05) is 13.5 Å². The van der Waals surface area contributed by atoms with Gasteiger partial charge in [-0.05, 0) is 13.8 Å². The predicted molar refractivity (Wildman–Crippen MR) is 59.2 cm³/mol. The number of carbonyl (C=O) groups excluding carboxylic acids is 1. The number of carbonyl (C=O) groups is 1. The quantitative estimate of drug-likeness (QED) is 0.767. The van der Waals surface area contributed by atoms with Gasteiger partial charge >= 0.3 is 0 Å². The molecule has 1 amide bonds. The van der Waals surface area contributed by atoms with Crippen molar-refractivity contribution in [3.05, 3.63) is 11.6 Å². The van der Waals surface area contributed by atoms with Crippen LogP contribution in [-0.2, 0) is 11.2 Å². The minimum absolute atomic E-state index is 0.168. The molecule has 0 aromatic carbocycles. The Morgan fingerprint density at radius 1 is 1.56 bits per heavy atom. The number of nitrogens with zero attached hydrogens (tertiary/aromatic N) is 2. The average Bonchev–Trinajstić information content (AvgIpc) is 2.64.